The predicted octanol–water partition coefficient (Wildman–Crippen LogP) is 1.24. The van der Waals surface area contributed by atoms with Gasteiger partial charge in [-0.15, -0.1) is 0 Å². The Morgan fingerprint density at radius 2 is 2.17 bits per heavy atom. The third-order valence-corrected chi connectivity index (χ3v) is 1.31. The number of rotatable bonds is 3. The molecule has 1 aromatic rings. The molecule has 4 nitrogen and oxygen atoms in total. The average Bonchev–Trinajstić information content (AvgIpc) is 2.15. The Hall–Kier alpha value is -1.45. The Morgan fingerprint density at radius 3 is 2.75 bits per heavy atom. The van der Waals surface area contributed by atoms with Crippen LogP contribution in [0.1, 0.15) is 19.4 Å². The number of hydrogen-bond acceptors (Lipinski definition) is 4. The second-order valence-corrected chi connectivity index (χ2v) is 2.22. The molecule has 0 saturated carbocycles. The van der Waals surface area contributed by atoms with Gasteiger partial charge in [0.1, 0.15) is 12.9 Å². The van der Waals surface area contributed by atoms with Gasteiger partial charge >= 0.3 is 0 Å². The fourth-order valence-corrected chi connectivity index (χ4v) is 0.700. The van der Waals surface area contributed by atoms with Gasteiger partial charge in [-0.2, -0.15) is 0 Å². The van der Waals surface area contributed by atoms with Crippen LogP contribution in [-0.2, 0) is 4.84 Å². The highest BCUT2D eigenvalue weighted by Crippen LogP contribution is 1.96. The zero-order chi connectivity index (χ0) is 8.81. The van der Waals surface area contributed by atoms with Gasteiger partial charge in [-0.3, -0.25) is 0 Å². The van der Waals surface area contributed by atoms with Crippen molar-refractivity contribution >= 4 is 5.71 Å². The second-order valence-electron chi connectivity index (χ2n) is 2.22. The maximum atomic E-state index is 4.88. The van der Waals surface area contributed by atoms with Crippen molar-refractivity contribution in [2.45, 2.75) is 13.8 Å². The van der Waals surface area contributed by atoms with E-state index < -0.39 is 0 Å². The molecule has 0 amide bonds. The van der Waals surface area contributed by atoms with Gasteiger partial charge < -0.3 is 4.84 Å². The van der Waals surface area contributed by atoms with Gasteiger partial charge in [-0.25, -0.2) is 9.97 Å². The first-order chi connectivity index (χ1) is 5.84. The molecule has 0 fully saturated rings. The number of hydrogen-bond donors (Lipinski definition) is 0. The Morgan fingerprint density at radius 1 is 1.50 bits per heavy atom. The van der Waals surface area contributed by atoms with E-state index in [2.05, 4.69) is 15.1 Å². The average molecular weight is 165 g/mol. The molecule has 0 aliphatic heterocycles. The van der Waals surface area contributed by atoms with E-state index in [1.54, 1.807) is 12.4 Å². The Labute approximate surface area is 71.3 Å². The summed E-state index contributed by atoms with van der Waals surface area (Å²) in [6, 6.07) is 0. The smallest absolute Gasteiger partial charge is 0.115 e. The fraction of sp³-hybridized carbons (Fsp3) is 0.375. The van der Waals surface area contributed by atoms with Gasteiger partial charge in [0.2, 0.25) is 0 Å². The number of nitrogens with zero attached hydrogens (tertiary/aromatic N) is 3. The second kappa shape index (κ2) is 4.43. The minimum absolute atomic E-state index is 0.574. The van der Waals surface area contributed by atoms with E-state index in [4.69, 9.17) is 4.84 Å². The lowest BCUT2D eigenvalue weighted by Crippen LogP contribution is -1.97. The molecule has 0 unspecified atom stereocenters. The van der Waals surface area contributed by atoms with Crippen molar-refractivity contribution in [3.8, 4) is 0 Å². The Balaban J connectivity index is 2.71. The molecule has 0 spiro atoms. The standard InChI is InChI=1S/C8H11N3O/c1-3-12-11-7(2)8-4-9-6-10-5-8/h4-6H,3H2,1-2H3/b11-7+. The molecule has 0 aliphatic carbocycles. The van der Waals surface area contributed by atoms with Crippen LogP contribution in [0.25, 0.3) is 0 Å². The lowest BCUT2D eigenvalue weighted by molar-refractivity contribution is 0.159. The first-order valence-corrected chi connectivity index (χ1v) is 3.76. The van der Waals surface area contributed by atoms with Gasteiger partial charge in [0.05, 0.1) is 5.71 Å². The van der Waals surface area contributed by atoms with Crippen LogP contribution >= 0.6 is 0 Å². The summed E-state index contributed by atoms with van der Waals surface area (Å²) in [4.78, 5) is 12.6. The molecule has 0 aromatic carbocycles. The fourth-order valence-electron chi connectivity index (χ4n) is 0.700. The van der Waals surface area contributed by atoms with Crippen molar-refractivity contribution in [1.82, 2.24) is 9.97 Å². The molecule has 0 saturated heterocycles. The van der Waals surface area contributed by atoms with E-state index in [1.165, 1.54) is 6.33 Å². The Kier molecular flexibility index (Phi) is 3.19. The van der Waals surface area contributed by atoms with Crippen LogP contribution in [0.2, 0.25) is 0 Å². The van der Waals surface area contributed by atoms with Crippen LogP contribution in [0.5, 0.6) is 0 Å². The molecule has 64 valence electrons. The van der Waals surface area contributed by atoms with Crippen molar-refractivity contribution in [3.63, 3.8) is 0 Å². The zero-order valence-electron chi connectivity index (χ0n) is 7.19. The molecular formula is C8H11N3O. The first kappa shape index (κ1) is 8.64. The van der Waals surface area contributed by atoms with Crippen molar-refractivity contribution in [2.24, 2.45) is 5.16 Å². The van der Waals surface area contributed by atoms with E-state index in [-0.39, 0.29) is 0 Å². The highest BCUT2D eigenvalue weighted by molar-refractivity contribution is 5.97. The lowest BCUT2D eigenvalue weighted by atomic mass is 10.2. The molecule has 0 N–H and O–H groups in total. The van der Waals surface area contributed by atoms with Crippen LogP contribution in [0.4, 0.5) is 0 Å². The molecule has 0 radical (unpaired) electrons. The largest absolute Gasteiger partial charge is 0.396 e. The van der Waals surface area contributed by atoms with Crippen LogP contribution in [0, 0.1) is 0 Å². The highest BCUT2D eigenvalue weighted by Gasteiger charge is 1.96. The van der Waals surface area contributed by atoms with E-state index in [9.17, 15) is 0 Å². The quantitative estimate of drug-likeness (QED) is 0.500. The van der Waals surface area contributed by atoms with Crippen LogP contribution in [0.15, 0.2) is 23.9 Å². The summed E-state index contributed by atoms with van der Waals surface area (Å²) in [6.45, 7) is 4.32. The van der Waals surface area contributed by atoms with E-state index >= 15 is 0 Å². The lowest BCUT2D eigenvalue weighted by Gasteiger charge is -1.97. The Bertz CT molecular complexity index is 258. The van der Waals surface area contributed by atoms with Crippen LogP contribution in [0.3, 0.4) is 0 Å². The normalized spacial score (nSPS) is 11.3. The van der Waals surface area contributed by atoms with Crippen molar-refractivity contribution in [3.05, 3.63) is 24.3 Å². The summed E-state index contributed by atoms with van der Waals surface area (Å²) in [7, 11) is 0. The maximum absolute atomic E-state index is 4.88. The van der Waals surface area contributed by atoms with Gasteiger partial charge in [-0.1, -0.05) is 5.16 Å². The molecular weight excluding hydrogens is 154 g/mol. The number of oxime groups is 1. The minimum Gasteiger partial charge on any atom is -0.396 e. The van der Waals surface area contributed by atoms with Crippen molar-refractivity contribution < 1.29 is 4.84 Å². The highest BCUT2D eigenvalue weighted by atomic mass is 16.6. The minimum atomic E-state index is 0.574. The molecule has 0 bridgehead atoms. The molecule has 1 rings (SSSR count). The van der Waals surface area contributed by atoms with Gasteiger partial charge in [-0.05, 0) is 13.8 Å². The summed E-state index contributed by atoms with van der Waals surface area (Å²) < 4.78 is 0. The number of aromatic nitrogens is 2. The molecule has 1 heterocycles. The van der Waals surface area contributed by atoms with Crippen LogP contribution in [-0.4, -0.2) is 22.3 Å². The summed E-state index contributed by atoms with van der Waals surface area (Å²) in [5.41, 5.74) is 1.67. The maximum Gasteiger partial charge on any atom is 0.115 e. The van der Waals surface area contributed by atoms with Gasteiger partial charge in [0.25, 0.3) is 0 Å². The molecule has 4 heteroatoms. The van der Waals surface area contributed by atoms with E-state index in [0.29, 0.717) is 6.61 Å². The summed E-state index contributed by atoms with van der Waals surface area (Å²) in [5.74, 6) is 0. The third kappa shape index (κ3) is 2.30. The van der Waals surface area contributed by atoms with E-state index in [0.717, 1.165) is 11.3 Å². The molecule has 12 heavy (non-hydrogen) atoms. The monoisotopic (exact) mass is 165 g/mol. The predicted molar refractivity (Wildman–Crippen MR) is 45.9 cm³/mol. The van der Waals surface area contributed by atoms with Gasteiger partial charge in [0.15, 0.2) is 0 Å². The SMILES string of the molecule is CCO/N=C(\C)c1cncnc1. The van der Waals surface area contributed by atoms with Crippen molar-refractivity contribution in [1.29, 1.82) is 0 Å². The topological polar surface area (TPSA) is 47.4 Å². The summed E-state index contributed by atoms with van der Waals surface area (Å²) in [6.07, 6.45) is 4.88. The summed E-state index contributed by atoms with van der Waals surface area (Å²) >= 11 is 0. The summed E-state index contributed by atoms with van der Waals surface area (Å²) in [5, 5.41) is 3.85. The van der Waals surface area contributed by atoms with E-state index in [1.807, 2.05) is 13.8 Å². The third-order valence-electron chi connectivity index (χ3n) is 1.31. The molecule has 1 aromatic heterocycles. The first-order valence-electron chi connectivity index (χ1n) is 3.76. The van der Waals surface area contributed by atoms with Crippen LogP contribution < -0.4 is 0 Å². The molecule has 0 aliphatic rings. The van der Waals surface area contributed by atoms with Gasteiger partial charge in [0, 0.05) is 18.0 Å². The zero-order valence-corrected chi connectivity index (χ0v) is 7.19. The van der Waals surface area contributed by atoms with Crippen molar-refractivity contribution in [2.75, 3.05) is 6.61 Å². The molecule has 0 atom stereocenters.